The van der Waals surface area contributed by atoms with Crippen molar-refractivity contribution in [2.24, 2.45) is 0 Å². The van der Waals surface area contributed by atoms with Gasteiger partial charge in [-0.1, -0.05) is 104 Å². The van der Waals surface area contributed by atoms with Gasteiger partial charge in [-0.25, -0.2) is 13.8 Å². The highest BCUT2D eigenvalue weighted by atomic mass is 35.5. The molecule has 6 fully saturated rings. The van der Waals surface area contributed by atoms with E-state index >= 15 is 0 Å². The molecule has 1 aromatic heterocycles. The van der Waals surface area contributed by atoms with Crippen molar-refractivity contribution in [3.63, 3.8) is 0 Å². The molecule has 0 spiro atoms. The third-order valence-electron chi connectivity index (χ3n) is 18.0. The van der Waals surface area contributed by atoms with Crippen molar-refractivity contribution in [2.45, 2.75) is 174 Å². The maximum atomic E-state index is 14.4. The average Bonchev–Trinajstić information content (AvgIpc) is 3.50. The second kappa shape index (κ2) is 32.9. The first kappa shape index (κ1) is 64.5. The molecule has 0 bridgehead atoms. The van der Waals surface area contributed by atoms with Gasteiger partial charge in [-0.05, 0) is 193 Å². The van der Waals surface area contributed by atoms with Gasteiger partial charge in [0.25, 0.3) is 0 Å². The molecule has 10 nitrogen and oxygen atoms in total. The number of rotatable bonds is 14. The van der Waals surface area contributed by atoms with Crippen molar-refractivity contribution < 1.29 is 13.5 Å². The Kier molecular flexibility index (Phi) is 26.2. The largest absolute Gasteiger partial charge is 0.381 e. The monoisotopic (exact) mass is 1140 g/mol. The number of likely N-dealkylation sites (tertiary alicyclic amines) is 2. The topological polar surface area (TPSA) is 56.8 Å². The molecule has 0 radical (unpaired) electrons. The Morgan fingerprint density at radius 2 is 0.926 bits per heavy atom. The number of hydrogen-bond acceptors (Lipinski definition) is 10. The summed E-state index contributed by atoms with van der Waals surface area (Å²) in [7, 11) is 4.00. The SMILES string of the molecule is CC(C)c1ccc(N2CCC(N3CCCCC3)CC2)c(F)c1.CC(C)c1ccc(N2CCC(N3CCCCC3)CC2)nc1.CC(C)c1ccc(N2CCC(N3CCOCC3)CC2)c(Cl)c1.CC(C)c1ccc(NCCN(C)C)c(F)c1. The van der Waals surface area contributed by atoms with Crippen LogP contribution in [0.3, 0.4) is 0 Å². The van der Waals surface area contributed by atoms with E-state index in [1.807, 2.05) is 32.3 Å². The summed E-state index contributed by atoms with van der Waals surface area (Å²) in [4.78, 5) is 21.9. The second-order valence-corrected chi connectivity index (χ2v) is 25.9. The lowest BCUT2D eigenvalue weighted by Gasteiger charge is -2.41. The Morgan fingerprint density at radius 1 is 0.506 bits per heavy atom. The van der Waals surface area contributed by atoms with Crippen LogP contribution in [0.25, 0.3) is 0 Å². The molecule has 81 heavy (non-hydrogen) atoms. The lowest BCUT2D eigenvalue weighted by Crippen LogP contribution is -2.49. The van der Waals surface area contributed by atoms with Crippen molar-refractivity contribution in [3.05, 3.63) is 112 Å². The van der Waals surface area contributed by atoms with Gasteiger partial charge in [0.1, 0.15) is 17.5 Å². The van der Waals surface area contributed by atoms with Crippen LogP contribution >= 0.6 is 11.6 Å². The molecule has 3 aromatic carbocycles. The average molecular weight is 1140 g/mol. The Labute approximate surface area is 495 Å². The molecule has 0 aliphatic carbocycles. The number of nitrogens with zero attached hydrogens (tertiary/aromatic N) is 8. The predicted molar refractivity (Wildman–Crippen MR) is 341 cm³/mol. The van der Waals surface area contributed by atoms with E-state index in [9.17, 15) is 8.78 Å². The molecular weight excluding hydrogens is 1030 g/mol. The molecule has 0 atom stereocenters. The van der Waals surface area contributed by atoms with Gasteiger partial charge >= 0.3 is 0 Å². The van der Waals surface area contributed by atoms with E-state index in [4.69, 9.17) is 16.3 Å². The number of aromatic nitrogens is 1. The Hall–Kier alpha value is -4.04. The number of benzene rings is 3. The van der Waals surface area contributed by atoms with Gasteiger partial charge in [0.2, 0.25) is 0 Å². The molecular formula is C68H106ClF2N9O. The summed E-state index contributed by atoms with van der Waals surface area (Å²) in [6, 6.07) is 24.4. The number of pyridine rings is 1. The van der Waals surface area contributed by atoms with Gasteiger partial charge in [-0.2, -0.15) is 0 Å². The highest BCUT2D eigenvalue weighted by molar-refractivity contribution is 6.33. The molecule has 6 aliphatic heterocycles. The Balaban J connectivity index is 0.000000157. The molecule has 6 saturated heterocycles. The summed E-state index contributed by atoms with van der Waals surface area (Å²) >= 11 is 6.52. The van der Waals surface area contributed by atoms with Crippen molar-refractivity contribution in [1.82, 2.24) is 24.6 Å². The lowest BCUT2D eigenvalue weighted by molar-refractivity contribution is 0.0115. The van der Waals surface area contributed by atoms with Crippen molar-refractivity contribution >= 4 is 34.5 Å². The summed E-state index contributed by atoms with van der Waals surface area (Å²) in [6.07, 6.45) is 17.8. The van der Waals surface area contributed by atoms with E-state index in [1.165, 1.54) is 120 Å². The molecule has 450 valence electrons. The van der Waals surface area contributed by atoms with Gasteiger partial charge in [-0.3, -0.25) is 4.90 Å². The maximum absolute atomic E-state index is 14.4. The van der Waals surface area contributed by atoms with E-state index in [2.05, 4.69) is 143 Å². The van der Waals surface area contributed by atoms with Crippen molar-refractivity contribution in [1.29, 1.82) is 0 Å². The standard InChI is InChI=1S/C19H29FN2.C18H27ClN2O.C18H29N3.C13H21FN2/c1-15(2)16-6-7-19(18(20)14-16)22-12-8-17(9-13-22)21-10-4-3-5-11-21;1-14(2)15-3-4-18(17(19)13-15)21-7-5-16(6-8-21)20-9-11-22-12-10-20;1-15(2)16-6-7-18(19-14-16)21-12-8-17(9-13-21)20-10-4-3-5-11-20;1-10(2)11-5-6-13(12(14)9-11)15-7-8-16(3)4/h6-7,14-15,17H,3-5,8-13H2,1-2H3;3-4,13-14,16H,5-12H2,1-2H3;6-7,14-15,17H,3-5,8-13H2,1-2H3;5-6,9-10,15H,7-8H2,1-4H3. The van der Waals surface area contributed by atoms with Gasteiger partial charge in [0.15, 0.2) is 0 Å². The van der Waals surface area contributed by atoms with E-state index in [0.29, 0.717) is 35.4 Å². The normalized spacial score (nSPS) is 19.6. The Morgan fingerprint density at radius 3 is 1.36 bits per heavy atom. The van der Waals surface area contributed by atoms with E-state index < -0.39 is 0 Å². The summed E-state index contributed by atoms with van der Waals surface area (Å²) in [5.41, 5.74) is 7.36. The molecule has 0 unspecified atom stereocenters. The molecule has 10 rings (SSSR count). The molecule has 6 aliphatic rings. The third kappa shape index (κ3) is 19.8. The van der Waals surface area contributed by atoms with Gasteiger partial charge in [0.05, 0.1) is 35.3 Å². The van der Waals surface area contributed by atoms with Gasteiger partial charge < -0.3 is 39.5 Å². The van der Waals surface area contributed by atoms with Crippen LogP contribution in [0.1, 0.15) is 178 Å². The van der Waals surface area contributed by atoms with Crippen LogP contribution in [-0.4, -0.2) is 162 Å². The maximum Gasteiger partial charge on any atom is 0.146 e. The zero-order valence-electron chi connectivity index (χ0n) is 51.9. The number of halogens is 3. The lowest BCUT2D eigenvalue weighted by atomic mass is 9.98. The number of morpholine rings is 1. The van der Waals surface area contributed by atoms with Crippen LogP contribution in [0.2, 0.25) is 5.02 Å². The number of ether oxygens (including phenoxy) is 1. The summed E-state index contributed by atoms with van der Waals surface area (Å²) in [6.45, 7) is 34.5. The van der Waals surface area contributed by atoms with Crippen molar-refractivity contribution in [3.8, 4) is 0 Å². The van der Waals surface area contributed by atoms with E-state index in [-0.39, 0.29) is 11.6 Å². The Bertz CT molecular complexity index is 2320. The first-order valence-electron chi connectivity index (χ1n) is 31.8. The zero-order chi connectivity index (χ0) is 57.8. The van der Waals surface area contributed by atoms with Crippen LogP contribution in [0, 0.1) is 11.6 Å². The smallest absolute Gasteiger partial charge is 0.146 e. The molecule has 4 aromatic rings. The quantitative estimate of drug-likeness (QED) is 0.132. The minimum absolute atomic E-state index is 0.0531. The molecule has 1 N–H and O–H groups in total. The van der Waals surface area contributed by atoms with Gasteiger partial charge in [0, 0.05) is 89.8 Å². The number of nitrogens with one attached hydrogen (secondary N) is 1. The highest BCUT2D eigenvalue weighted by Gasteiger charge is 2.29. The molecule has 7 heterocycles. The fraction of sp³-hybridized carbons (Fsp3) is 0.662. The molecule has 0 amide bonds. The van der Waals surface area contributed by atoms with Crippen LogP contribution in [0.5, 0.6) is 0 Å². The number of anilines is 4. The minimum Gasteiger partial charge on any atom is -0.381 e. The fourth-order valence-corrected chi connectivity index (χ4v) is 12.9. The molecule has 13 heteroatoms. The van der Waals surface area contributed by atoms with Crippen LogP contribution in [0.4, 0.5) is 31.7 Å². The fourth-order valence-electron chi connectivity index (χ4n) is 12.6. The first-order valence-corrected chi connectivity index (χ1v) is 32.2. The van der Waals surface area contributed by atoms with Crippen LogP contribution in [-0.2, 0) is 4.74 Å². The molecule has 0 saturated carbocycles. The number of hydrogen-bond donors (Lipinski definition) is 1. The van der Waals surface area contributed by atoms with Gasteiger partial charge in [-0.15, -0.1) is 0 Å². The van der Waals surface area contributed by atoms with Crippen LogP contribution in [0.15, 0.2) is 72.9 Å². The third-order valence-corrected chi connectivity index (χ3v) is 18.3. The number of likely N-dealkylation sites (N-methyl/N-ethyl adjacent to an activating group) is 1. The minimum atomic E-state index is -0.162. The predicted octanol–water partition coefficient (Wildman–Crippen LogP) is 14.8. The zero-order valence-corrected chi connectivity index (χ0v) is 52.6. The summed E-state index contributed by atoms with van der Waals surface area (Å²) in [5, 5.41) is 3.99. The number of piperidine rings is 5. The summed E-state index contributed by atoms with van der Waals surface area (Å²) < 4.78 is 33.5. The second-order valence-electron chi connectivity index (χ2n) is 25.5. The van der Waals surface area contributed by atoms with E-state index in [0.717, 1.165) is 118 Å². The van der Waals surface area contributed by atoms with Crippen molar-refractivity contribution in [2.75, 3.05) is 139 Å². The first-order chi connectivity index (χ1) is 39.0. The highest BCUT2D eigenvalue weighted by Crippen LogP contribution is 2.33. The summed E-state index contributed by atoms with van der Waals surface area (Å²) in [5.74, 6) is 2.79. The van der Waals surface area contributed by atoms with E-state index in [1.54, 1.807) is 12.1 Å². The van der Waals surface area contributed by atoms with Crippen LogP contribution < -0.4 is 20.0 Å².